The Morgan fingerprint density at radius 2 is 1.50 bits per heavy atom. The van der Waals surface area contributed by atoms with E-state index in [1.807, 2.05) is 26.0 Å². The average molecular weight is 158 g/mol. The van der Waals surface area contributed by atoms with Crippen LogP contribution in [0.3, 0.4) is 0 Å². The first-order valence-electron chi connectivity index (χ1n) is 3.54. The molecule has 2 heteroatoms. The SMILES string of the molecule is CCC=CS(=O)C=CCC. The van der Waals surface area contributed by atoms with Crippen LogP contribution < -0.4 is 0 Å². The van der Waals surface area contributed by atoms with Crippen LogP contribution in [0.5, 0.6) is 0 Å². The molecular formula is C8H14OS. The van der Waals surface area contributed by atoms with Gasteiger partial charge in [0, 0.05) is 10.8 Å². The van der Waals surface area contributed by atoms with Gasteiger partial charge in [0.25, 0.3) is 0 Å². The van der Waals surface area contributed by atoms with Gasteiger partial charge in [-0.15, -0.1) is 0 Å². The second kappa shape index (κ2) is 6.75. The molecule has 10 heavy (non-hydrogen) atoms. The predicted molar refractivity (Wildman–Crippen MR) is 47.0 cm³/mol. The van der Waals surface area contributed by atoms with Crippen LogP contribution in [0.25, 0.3) is 0 Å². The maximum atomic E-state index is 10.9. The van der Waals surface area contributed by atoms with Gasteiger partial charge in [0.15, 0.2) is 0 Å². The highest BCUT2D eigenvalue weighted by atomic mass is 32.2. The van der Waals surface area contributed by atoms with Crippen molar-refractivity contribution in [2.45, 2.75) is 26.7 Å². The van der Waals surface area contributed by atoms with Crippen molar-refractivity contribution in [1.29, 1.82) is 0 Å². The van der Waals surface area contributed by atoms with Crippen LogP contribution in [-0.4, -0.2) is 4.21 Å². The molecule has 0 atom stereocenters. The maximum absolute atomic E-state index is 10.9. The average Bonchev–Trinajstić information content (AvgIpc) is 1.97. The van der Waals surface area contributed by atoms with E-state index in [0.717, 1.165) is 12.8 Å². The molecule has 0 saturated carbocycles. The van der Waals surface area contributed by atoms with Gasteiger partial charge in [-0.25, -0.2) is 0 Å². The normalized spacial score (nSPS) is 15.0. The van der Waals surface area contributed by atoms with Gasteiger partial charge in [0.1, 0.15) is 0 Å². The summed E-state index contributed by atoms with van der Waals surface area (Å²) in [6, 6.07) is 0. The van der Waals surface area contributed by atoms with Crippen molar-refractivity contribution in [2.75, 3.05) is 0 Å². The lowest BCUT2D eigenvalue weighted by Gasteiger charge is -1.82. The van der Waals surface area contributed by atoms with E-state index in [1.54, 1.807) is 10.8 Å². The van der Waals surface area contributed by atoms with E-state index in [1.165, 1.54) is 0 Å². The summed E-state index contributed by atoms with van der Waals surface area (Å²) < 4.78 is 10.9. The highest BCUT2D eigenvalue weighted by Gasteiger charge is 1.81. The van der Waals surface area contributed by atoms with E-state index in [-0.39, 0.29) is 0 Å². The first kappa shape index (κ1) is 9.63. The molecule has 0 saturated heterocycles. The maximum Gasteiger partial charge on any atom is 0.0695 e. The molecule has 0 bridgehead atoms. The van der Waals surface area contributed by atoms with Gasteiger partial charge in [-0.05, 0) is 12.8 Å². The Bertz CT molecular complexity index is 131. The smallest absolute Gasteiger partial charge is 0.0695 e. The molecule has 58 valence electrons. The van der Waals surface area contributed by atoms with Crippen LogP contribution in [0, 0.1) is 0 Å². The molecule has 0 aromatic carbocycles. The third-order valence-electron chi connectivity index (χ3n) is 0.932. The number of hydrogen-bond acceptors (Lipinski definition) is 1. The molecule has 0 rings (SSSR count). The molecular weight excluding hydrogens is 144 g/mol. The van der Waals surface area contributed by atoms with Gasteiger partial charge in [-0.3, -0.25) is 4.21 Å². The monoisotopic (exact) mass is 158 g/mol. The zero-order chi connectivity index (χ0) is 7.82. The van der Waals surface area contributed by atoms with Crippen LogP contribution in [0.15, 0.2) is 23.0 Å². The second-order valence-corrected chi connectivity index (χ2v) is 3.09. The topological polar surface area (TPSA) is 17.1 Å². The Morgan fingerprint density at radius 1 is 1.10 bits per heavy atom. The minimum Gasteiger partial charge on any atom is -0.250 e. The van der Waals surface area contributed by atoms with Crippen molar-refractivity contribution in [2.24, 2.45) is 0 Å². The molecule has 1 nitrogen and oxygen atoms in total. The van der Waals surface area contributed by atoms with E-state index in [9.17, 15) is 4.21 Å². The Balaban J connectivity index is 3.63. The lowest BCUT2D eigenvalue weighted by atomic mass is 10.5. The van der Waals surface area contributed by atoms with Crippen LogP contribution in [-0.2, 0) is 10.8 Å². The minimum atomic E-state index is -0.881. The van der Waals surface area contributed by atoms with Crippen molar-refractivity contribution in [3.8, 4) is 0 Å². The summed E-state index contributed by atoms with van der Waals surface area (Å²) in [7, 11) is -0.881. The van der Waals surface area contributed by atoms with E-state index in [2.05, 4.69) is 0 Å². The van der Waals surface area contributed by atoms with E-state index in [0.29, 0.717) is 0 Å². The fraction of sp³-hybridized carbons (Fsp3) is 0.500. The Labute approximate surface area is 65.3 Å². The van der Waals surface area contributed by atoms with E-state index in [4.69, 9.17) is 0 Å². The minimum absolute atomic E-state index is 0.881. The van der Waals surface area contributed by atoms with Crippen LogP contribution >= 0.6 is 0 Å². The van der Waals surface area contributed by atoms with Gasteiger partial charge < -0.3 is 0 Å². The Hall–Kier alpha value is -0.370. The first-order chi connectivity index (χ1) is 4.81. The largest absolute Gasteiger partial charge is 0.250 e. The molecule has 0 N–H and O–H groups in total. The van der Waals surface area contributed by atoms with Crippen LogP contribution in [0.2, 0.25) is 0 Å². The van der Waals surface area contributed by atoms with Crippen molar-refractivity contribution in [3.63, 3.8) is 0 Å². The Kier molecular flexibility index (Phi) is 6.50. The summed E-state index contributed by atoms with van der Waals surface area (Å²) in [5, 5.41) is 3.43. The zero-order valence-electron chi connectivity index (χ0n) is 6.54. The molecule has 0 amide bonds. The molecule has 0 heterocycles. The standard InChI is InChI=1S/C8H14OS/c1-3-5-7-10(9)8-6-4-2/h5-8H,3-4H2,1-2H3. The number of rotatable bonds is 4. The van der Waals surface area contributed by atoms with E-state index >= 15 is 0 Å². The molecule has 0 spiro atoms. The summed E-state index contributed by atoms with van der Waals surface area (Å²) in [6.07, 6.45) is 5.73. The van der Waals surface area contributed by atoms with Crippen molar-refractivity contribution in [3.05, 3.63) is 23.0 Å². The van der Waals surface area contributed by atoms with Gasteiger partial charge in [0.2, 0.25) is 0 Å². The van der Waals surface area contributed by atoms with Crippen LogP contribution in [0.1, 0.15) is 26.7 Å². The molecule has 0 aliphatic carbocycles. The summed E-state index contributed by atoms with van der Waals surface area (Å²) >= 11 is 0. The lowest BCUT2D eigenvalue weighted by molar-refractivity contribution is 0.693. The molecule has 0 unspecified atom stereocenters. The highest BCUT2D eigenvalue weighted by Crippen LogP contribution is 1.91. The van der Waals surface area contributed by atoms with E-state index < -0.39 is 10.8 Å². The lowest BCUT2D eigenvalue weighted by Crippen LogP contribution is -1.73. The quantitative estimate of drug-likeness (QED) is 0.614. The third-order valence-corrected chi connectivity index (χ3v) is 1.85. The molecule has 0 aliphatic heterocycles. The highest BCUT2D eigenvalue weighted by molar-refractivity contribution is 7.90. The summed E-state index contributed by atoms with van der Waals surface area (Å²) in [6.45, 7) is 4.05. The third kappa shape index (κ3) is 5.76. The van der Waals surface area contributed by atoms with Crippen LogP contribution in [0.4, 0.5) is 0 Å². The number of allylic oxidation sites excluding steroid dienone is 2. The predicted octanol–water partition coefficient (Wildman–Crippen LogP) is 2.58. The molecule has 0 aliphatic rings. The number of hydrogen-bond donors (Lipinski definition) is 0. The summed E-state index contributed by atoms with van der Waals surface area (Å²) in [5.41, 5.74) is 0. The second-order valence-electron chi connectivity index (χ2n) is 1.89. The van der Waals surface area contributed by atoms with Gasteiger partial charge in [-0.2, -0.15) is 0 Å². The van der Waals surface area contributed by atoms with Gasteiger partial charge in [-0.1, -0.05) is 26.0 Å². The van der Waals surface area contributed by atoms with Gasteiger partial charge >= 0.3 is 0 Å². The van der Waals surface area contributed by atoms with Crippen molar-refractivity contribution in [1.82, 2.24) is 0 Å². The Morgan fingerprint density at radius 3 is 1.80 bits per heavy atom. The van der Waals surface area contributed by atoms with Gasteiger partial charge in [0.05, 0.1) is 10.8 Å². The molecule has 0 radical (unpaired) electrons. The fourth-order valence-electron chi connectivity index (χ4n) is 0.427. The fourth-order valence-corrected chi connectivity index (χ4v) is 1.28. The van der Waals surface area contributed by atoms with Crippen molar-refractivity contribution >= 4 is 10.8 Å². The van der Waals surface area contributed by atoms with Crippen molar-refractivity contribution < 1.29 is 4.21 Å². The molecule has 0 aromatic rings. The summed E-state index contributed by atoms with van der Waals surface area (Å²) in [5.74, 6) is 0. The zero-order valence-corrected chi connectivity index (χ0v) is 7.36. The first-order valence-corrected chi connectivity index (χ1v) is 4.81. The molecule has 0 aromatic heterocycles. The summed E-state index contributed by atoms with van der Waals surface area (Å²) in [4.78, 5) is 0. The molecule has 0 fully saturated rings.